The Hall–Kier alpha value is -2.27. The summed E-state index contributed by atoms with van der Waals surface area (Å²) in [5.41, 5.74) is 7.41. The summed E-state index contributed by atoms with van der Waals surface area (Å²) in [5, 5.41) is 5.64. The summed E-state index contributed by atoms with van der Waals surface area (Å²) >= 11 is 1.83. The minimum Gasteiger partial charge on any atom is -0.261 e. The topological polar surface area (TPSA) is 50.2 Å². The van der Waals surface area contributed by atoms with Crippen molar-refractivity contribution in [3.8, 4) is 0 Å². The van der Waals surface area contributed by atoms with Gasteiger partial charge in [0, 0.05) is 4.88 Å². The number of nitrogens with zero attached hydrogens (tertiary/aromatic N) is 3. The van der Waals surface area contributed by atoms with Gasteiger partial charge in [0.15, 0.2) is 5.82 Å². The molecule has 4 nitrogen and oxygen atoms in total. The Morgan fingerprint density at radius 2 is 2.00 bits per heavy atom. The first-order valence-corrected chi connectivity index (χ1v) is 11.5. The lowest BCUT2D eigenvalue weighted by atomic mass is 9.69. The number of anilines is 1. The molecule has 1 atom stereocenters. The zero-order valence-corrected chi connectivity index (χ0v) is 18.6. The standard InChI is InChI=1S/C24H30N4S/c1-5-16-7-9-17(10-8-16)14-27-28-22-21-19-13-18(24(3,4)6-2)11-12-20(19)29-23(21)26-15-25-22/h7-10,14-15,18H,5-6,11-13H2,1-4H3,(H,25,26,28)/b27-14-/t18-/m1/s1. The fraction of sp³-hybridized carbons (Fsp3) is 0.458. The van der Waals surface area contributed by atoms with Crippen LogP contribution in [0.5, 0.6) is 0 Å². The molecule has 5 heteroatoms. The Labute approximate surface area is 177 Å². The summed E-state index contributed by atoms with van der Waals surface area (Å²) in [6.07, 6.45) is 9.28. The van der Waals surface area contributed by atoms with E-state index in [1.54, 1.807) is 6.33 Å². The Morgan fingerprint density at radius 3 is 2.72 bits per heavy atom. The lowest BCUT2D eigenvalue weighted by molar-refractivity contribution is 0.184. The molecule has 0 aliphatic heterocycles. The van der Waals surface area contributed by atoms with Crippen molar-refractivity contribution in [3.05, 3.63) is 52.2 Å². The van der Waals surface area contributed by atoms with Crippen LogP contribution in [0.25, 0.3) is 10.2 Å². The van der Waals surface area contributed by atoms with Gasteiger partial charge in [0.25, 0.3) is 0 Å². The number of nitrogens with one attached hydrogen (secondary N) is 1. The predicted octanol–water partition coefficient (Wildman–Crippen LogP) is 6.24. The lowest BCUT2D eigenvalue weighted by Gasteiger charge is -2.36. The smallest absolute Gasteiger partial charge is 0.158 e. The largest absolute Gasteiger partial charge is 0.261 e. The van der Waals surface area contributed by atoms with Crippen molar-refractivity contribution in [1.82, 2.24) is 9.97 Å². The molecule has 2 aromatic heterocycles. The van der Waals surface area contributed by atoms with E-state index in [1.165, 1.54) is 34.2 Å². The van der Waals surface area contributed by atoms with Gasteiger partial charge in [-0.3, -0.25) is 5.43 Å². The van der Waals surface area contributed by atoms with Crippen molar-refractivity contribution in [2.24, 2.45) is 16.4 Å². The molecule has 1 aliphatic rings. The maximum absolute atomic E-state index is 4.56. The molecule has 1 aliphatic carbocycles. The second-order valence-corrected chi connectivity index (χ2v) is 9.74. The molecule has 0 saturated carbocycles. The maximum atomic E-state index is 4.56. The third-order valence-corrected chi connectivity index (χ3v) is 7.83. The number of aromatic nitrogens is 2. The molecule has 3 aromatic rings. The molecule has 1 aromatic carbocycles. The number of hydrogen-bond acceptors (Lipinski definition) is 5. The highest BCUT2D eigenvalue weighted by Gasteiger charge is 2.33. The quantitative estimate of drug-likeness (QED) is 0.389. The molecular formula is C24H30N4S. The van der Waals surface area contributed by atoms with Crippen LogP contribution in [-0.2, 0) is 19.3 Å². The van der Waals surface area contributed by atoms with Crippen LogP contribution in [0, 0.1) is 11.3 Å². The van der Waals surface area contributed by atoms with Crippen LogP contribution in [0.3, 0.4) is 0 Å². The van der Waals surface area contributed by atoms with Crippen molar-refractivity contribution in [2.75, 3.05) is 5.43 Å². The second-order valence-electron chi connectivity index (χ2n) is 8.65. The van der Waals surface area contributed by atoms with Crippen LogP contribution < -0.4 is 5.43 Å². The van der Waals surface area contributed by atoms with Crippen molar-refractivity contribution in [1.29, 1.82) is 0 Å². The molecule has 29 heavy (non-hydrogen) atoms. The minimum atomic E-state index is 0.359. The van der Waals surface area contributed by atoms with Gasteiger partial charge in [-0.05, 0) is 53.7 Å². The Balaban J connectivity index is 1.60. The van der Waals surface area contributed by atoms with Crippen LogP contribution in [0.1, 0.15) is 62.1 Å². The second kappa shape index (κ2) is 8.23. The predicted molar refractivity (Wildman–Crippen MR) is 124 cm³/mol. The van der Waals surface area contributed by atoms with Gasteiger partial charge in [0.1, 0.15) is 11.2 Å². The number of benzene rings is 1. The third kappa shape index (κ3) is 4.06. The molecule has 4 rings (SSSR count). The van der Waals surface area contributed by atoms with Crippen LogP contribution >= 0.6 is 11.3 Å². The van der Waals surface area contributed by atoms with Crippen molar-refractivity contribution >= 4 is 33.6 Å². The van der Waals surface area contributed by atoms with Gasteiger partial charge in [-0.15, -0.1) is 11.3 Å². The van der Waals surface area contributed by atoms with E-state index in [9.17, 15) is 0 Å². The van der Waals surface area contributed by atoms with E-state index < -0.39 is 0 Å². The monoisotopic (exact) mass is 406 g/mol. The molecule has 0 saturated heterocycles. The van der Waals surface area contributed by atoms with Crippen LogP contribution in [0.2, 0.25) is 0 Å². The highest BCUT2D eigenvalue weighted by Crippen LogP contribution is 2.45. The lowest BCUT2D eigenvalue weighted by Crippen LogP contribution is -2.28. The zero-order chi connectivity index (χ0) is 20.4. The van der Waals surface area contributed by atoms with Crippen molar-refractivity contribution in [2.45, 2.75) is 59.8 Å². The summed E-state index contributed by atoms with van der Waals surface area (Å²) < 4.78 is 0. The van der Waals surface area contributed by atoms with E-state index in [0.29, 0.717) is 11.3 Å². The third-order valence-electron chi connectivity index (χ3n) is 6.63. The van der Waals surface area contributed by atoms with E-state index in [-0.39, 0.29) is 0 Å². The average Bonchev–Trinajstić information content (AvgIpc) is 3.13. The summed E-state index contributed by atoms with van der Waals surface area (Å²) in [5.74, 6) is 1.52. The van der Waals surface area contributed by atoms with Gasteiger partial charge >= 0.3 is 0 Å². The van der Waals surface area contributed by atoms with Gasteiger partial charge in [-0.1, -0.05) is 58.4 Å². The number of hydrazone groups is 1. The maximum Gasteiger partial charge on any atom is 0.158 e. The van der Waals surface area contributed by atoms with Gasteiger partial charge in [-0.2, -0.15) is 5.10 Å². The molecule has 1 N–H and O–H groups in total. The SMILES string of the molecule is CCc1ccc(/C=N\Nc2ncnc3sc4c(c23)C[C@H](C(C)(C)CC)CC4)cc1. The fourth-order valence-corrected chi connectivity index (χ4v) is 5.34. The van der Waals surface area contributed by atoms with Crippen LogP contribution in [0.4, 0.5) is 5.82 Å². The summed E-state index contributed by atoms with van der Waals surface area (Å²) in [7, 11) is 0. The fourth-order valence-electron chi connectivity index (χ4n) is 4.16. The first-order valence-electron chi connectivity index (χ1n) is 10.6. The van der Waals surface area contributed by atoms with Crippen LogP contribution in [-0.4, -0.2) is 16.2 Å². The number of fused-ring (bicyclic) bond motifs is 3. The van der Waals surface area contributed by atoms with E-state index >= 15 is 0 Å². The molecule has 0 amide bonds. The van der Waals surface area contributed by atoms with Crippen molar-refractivity contribution in [3.63, 3.8) is 0 Å². The normalized spacial score (nSPS) is 17.0. The number of rotatable bonds is 6. The molecule has 0 fully saturated rings. The number of aryl methyl sites for hydroxylation is 2. The van der Waals surface area contributed by atoms with E-state index in [4.69, 9.17) is 0 Å². The van der Waals surface area contributed by atoms with Crippen LogP contribution in [0.15, 0.2) is 35.7 Å². The highest BCUT2D eigenvalue weighted by molar-refractivity contribution is 7.19. The number of hydrogen-bond donors (Lipinski definition) is 1. The van der Waals surface area contributed by atoms with Gasteiger partial charge in [0.2, 0.25) is 0 Å². The highest BCUT2D eigenvalue weighted by atomic mass is 32.1. The minimum absolute atomic E-state index is 0.359. The molecule has 0 bridgehead atoms. The number of thiophene rings is 1. The molecular weight excluding hydrogens is 376 g/mol. The molecule has 0 radical (unpaired) electrons. The van der Waals surface area contributed by atoms with Crippen molar-refractivity contribution < 1.29 is 0 Å². The summed E-state index contributed by atoms with van der Waals surface area (Å²) in [4.78, 5) is 11.6. The van der Waals surface area contributed by atoms with E-state index in [0.717, 1.165) is 35.5 Å². The van der Waals surface area contributed by atoms with Gasteiger partial charge < -0.3 is 0 Å². The average molecular weight is 407 g/mol. The van der Waals surface area contributed by atoms with E-state index in [2.05, 4.69) is 72.5 Å². The molecule has 0 spiro atoms. The Morgan fingerprint density at radius 1 is 1.21 bits per heavy atom. The first-order chi connectivity index (χ1) is 14.0. The molecule has 2 heterocycles. The van der Waals surface area contributed by atoms with Gasteiger partial charge in [-0.25, -0.2) is 9.97 Å². The van der Waals surface area contributed by atoms with E-state index in [1.807, 2.05) is 17.6 Å². The first kappa shape index (κ1) is 20.0. The summed E-state index contributed by atoms with van der Waals surface area (Å²) in [6.45, 7) is 9.28. The Bertz CT molecular complexity index is 1020. The zero-order valence-electron chi connectivity index (χ0n) is 17.8. The van der Waals surface area contributed by atoms with Gasteiger partial charge in [0.05, 0.1) is 11.6 Å². The molecule has 152 valence electrons. The summed E-state index contributed by atoms with van der Waals surface area (Å²) in [6, 6.07) is 8.50. The Kier molecular flexibility index (Phi) is 5.68. The molecule has 0 unspecified atom stereocenters.